The van der Waals surface area contributed by atoms with Gasteiger partial charge in [0.25, 0.3) is 0 Å². The van der Waals surface area contributed by atoms with Gasteiger partial charge in [-0.3, -0.25) is 19.3 Å². The number of anilines is 1. The Morgan fingerprint density at radius 2 is 1.62 bits per heavy atom. The van der Waals surface area contributed by atoms with E-state index >= 15 is 0 Å². The van der Waals surface area contributed by atoms with E-state index in [9.17, 15) is 14.4 Å². The maximum absolute atomic E-state index is 13.0. The van der Waals surface area contributed by atoms with Crippen molar-refractivity contribution in [3.63, 3.8) is 0 Å². The fourth-order valence-corrected chi connectivity index (χ4v) is 4.39. The fraction of sp³-hybridized carbons (Fsp3) is 0.192. The van der Waals surface area contributed by atoms with Crippen LogP contribution in [-0.2, 0) is 11.3 Å². The van der Waals surface area contributed by atoms with Crippen molar-refractivity contribution < 1.29 is 23.9 Å². The van der Waals surface area contributed by atoms with Gasteiger partial charge in [-0.1, -0.05) is 48.9 Å². The van der Waals surface area contributed by atoms with E-state index in [4.69, 9.17) is 21.1 Å². The average Bonchev–Trinajstić information content (AvgIpc) is 3.31. The standard InChI is InChI=1S/C26H21ClN2O5/c1-2-29(12-15-7-8-22-23(9-15)34-14-33-22)13-24(30)28-21-11-19-18(10-20(21)27)25(31)16-5-3-4-6-17(16)26(19)32/h3-11H,2,12-14H2,1H3,(H,28,30). The molecule has 1 N–H and O–H groups in total. The van der Waals surface area contributed by atoms with Gasteiger partial charge in [0, 0.05) is 28.8 Å². The Labute approximate surface area is 201 Å². The van der Waals surface area contributed by atoms with Gasteiger partial charge in [0.1, 0.15) is 0 Å². The van der Waals surface area contributed by atoms with E-state index in [2.05, 4.69) is 5.32 Å². The Bertz CT molecular complexity index is 1340. The second-order valence-corrected chi connectivity index (χ2v) is 8.53. The van der Waals surface area contributed by atoms with Crippen LogP contribution in [0.25, 0.3) is 0 Å². The molecule has 1 heterocycles. The van der Waals surface area contributed by atoms with Crippen molar-refractivity contribution in [1.82, 2.24) is 4.90 Å². The summed E-state index contributed by atoms with van der Waals surface area (Å²) in [4.78, 5) is 40.6. The van der Waals surface area contributed by atoms with Crippen molar-refractivity contribution in [1.29, 1.82) is 0 Å². The lowest BCUT2D eigenvalue weighted by Crippen LogP contribution is -2.33. The second kappa shape index (κ2) is 8.93. The minimum atomic E-state index is -0.278. The Morgan fingerprint density at radius 1 is 0.941 bits per heavy atom. The molecule has 0 fully saturated rings. The number of ether oxygens (including phenoxy) is 2. The third kappa shape index (κ3) is 4.04. The summed E-state index contributed by atoms with van der Waals surface area (Å²) in [5.41, 5.74) is 2.47. The monoisotopic (exact) mass is 476 g/mol. The van der Waals surface area contributed by atoms with Crippen LogP contribution >= 0.6 is 11.6 Å². The van der Waals surface area contributed by atoms with Gasteiger partial charge < -0.3 is 14.8 Å². The molecular formula is C26H21ClN2O5. The summed E-state index contributed by atoms with van der Waals surface area (Å²) in [7, 11) is 0. The van der Waals surface area contributed by atoms with Crippen LogP contribution in [0.15, 0.2) is 54.6 Å². The van der Waals surface area contributed by atoms with Gasteiger partial charge >= 0.3 is 0 Å². The summed E-state index contributed by atoms with van der Waals surface area (Å²) in [6, 6.07) is 15.3. The maximum Gasteiger partial charge on any atom is 0.238 e. The first-order valence-electron chi connectivity index (χ1n) is 10.9. The zero-order chi connectivity index (χ0) is 23.8. The molecule has 0 spiro atoms. The number of amides is 1. The Morgan fingerprint density at radius 3 is 2.32 bits per heavy atom. The van der Waals surface area contributed by atoms with Crippen LogP contribution in [0, 0.1) is 0 Å². The molecule has 1 aliphatic heterocycles. The molecule has 3 aromatic carbocycles. The number of hydrogen-bond acceptors (Lipinski definition) is 6. The van der Waals surface area contributed by atoms with Gasteiger partial charge in [0.15, 0.2) is 23.1 Å². The molecule has 0 saturated carbocycles. The predicted molar refractivity (Wildman–Crippen MR) is 127 cm³/mol. The molecule has 2 aliphatic rings. The Balaban J connectivity index is 1.31. The highest BCUT2D eigenvalue weighted by molar-refractivity contribution is 6.36. The van der Waals surface area contributed by atoms with Gasteiger partial charge in [-0.15, -0.1) is 0 Å². The molecule has 0 unspecified atom stereocenters. The van der Waals surface area contributed by atoms with E-state index in [1.54, 1.807) is 24.3 Å². The number of rotatable bonds is 6. The molecule has 5 rings (SSSR count). The lowest BCUT2D eigenvalue weighted by atomic mass is 9.84. The number of nitrogens with one attached hydrogen (secondary N) is 1. The number of hydrogen-bond donors (Lipinski definition) is 1. The fourth-order valence-electron chi connectivity index (χ4n) is 4.18. The largest absolute Gasteiger partial charge is 0.454 e. The van der Waals surface area contributed by atoms with Gasteiger partial charge in [0.05, 0.1) is 17.3 Å². The van der Waals surface area contributed by atoms with Crippen LogP contribution in [0.5, 0.6) is 11.5 Å². The van der Waals surface area contributed by atoms with Crippen LogP contribution in [0.1, 0.15) is 44.3 Å². The van der Waals surface area contributed by atoms with Crippen molar-refractivity contribution in [2.24, 2.45) is 0 Å². The molecule has 3 aromatic rings. The highest BCUT2D eigenvalue weighted by Crippen LogP contribution is 2.34. The Kier molecular flexibility index (Phi) is 5.81. The minimum Gasteiger partial charge on any atom is -0.454 e. The zero-order valence-electron chi connectivity index (χ0n) is 18.4. The van der Waals surface area contributed by atoms with Gasteiger partial charge in [-0.25, -0.2) is 0 Å². The number of nitrogens with zero attached hydrogens (tertiary/aromatic N) is 1. The van der Waals surface area contributed by atoms with Crippen molar-refractivity contribution in [3.05, 3.63) is 87.4 Å². The van der Waals surface area contributed by atoms with Crippen molar-refractivity contribution >= 4 is 34.8 Å². The molecule has 0 atom stereocenters. The lowest BCUT2D eigenvalue weighted by Gasteiger charge is -2.21. The highest BCUT2D eigenvalue weighted by atomic mass is 35.5. The smallest absolute Gasteiger partial charge is 0.238 e. The van der Waals surface area contributed by atoms with E-state index in [-0.39, 0.29) is 47.0 Å². The van der Waals surface area contributed by atoms with Crippen LogP contribution in [-0.4, -0.2) is 42.3 Å². The molecule has 7 nitrogen and oxygen atoms in total. The maximum atomic E-state index is 13.0. The number of carbonyl (C=O) groups excluding carboxylic acids is 3. The third-order valence-corrected chi connectivity index (χ3v) is 6.26. The van der Waals surface area contributed by atoms with Gasteiger partial charge in [-0.2, -0.15) is 0 Å². The highest BCUT2D eigenvalue weighted by Gasteiger charge is 2.30. The van der Waals surface area contributed by atoms with E-state index in [0.29, 0.717) is 41.4 Å². The summed E-state index contributed by atoms with van der Waals surface area (Å²) >= 11 is 6.38. The molecule has 8 heteroatoms. The number of halogens is 1. The number of fused-ring (bicyclic) bond motifs is 3. The Hall–Kier alpha value is -3.68. The topological polar surface area (TPSA) is 84.9 Å². The minimum absolute atomic E-state index is 0.119. The summed E-state index contributed by atoms with van der Waals surface area (Å²) in [6.45, 7) is 3.48. The summed E-state index contributed by atoms with van der Waals surface area (Å²) in [5.74, 6) is 0.600. The van der Waals surface area contributed by atoms with Crippen LogP contribution < -0.4 is 14.8 Å². The molecule has 0 bridgehead atoms. The predicted octanol–water partition coefficient (Wildman–Crippen LogP) is 4.30. The van der Waals surface area contributed by atoms with Crippen LogP contribution in [0.3, 0.4) is 0 Å². The first-order valence-corrected chi connectivity index (χ1v) is 11.2. The van der Waals surface area contributed by atoms with Gasteiger partial charge in [-0.05, 0) is 36.4 Å². The summed E-state index contributed by atoms with van der Waals surface area (Å²) < 4.78 is 10.8. The first kappa shape index (κ1) is 22.1. The molecule has 0 aromatic heterocycles. The van der Waals surface area contributed by atoms with Crippen molar-refractivity contribution in [2.75, 3.05) is 25.2 Å². The number of likely N-dealkylation sites (N-methyl/N-ethyl adjacent to an activating group) is 1. The molecule has 1 aliphatic carbocycles. The van der Waals surface area contributed by atoms with Gasteiger partial charge in [0.2, 0.25) is 12.7 Å². The molecule has 0 radical (unpaired) electrons. The SMILES string of the molecule is CCN(CC(=O)Nc1cc2c(cc1Cl)C(=O)c1ccccc1C2=O)Cc1ccc2c(c1)OCO2. The second-order valence-electron chi connectivity index (χ2n) is 8.12. The van der Waals surface area contributed by atoms with E-state index < -0.39 is 0 Å². The molecule has 34 heavy (non-hydrogen) atoms. The lowest BCUT2D eigenvalue weighted by molar-refractivity contribution is -0.117. The van der Waals surface area contributed by atoms with E-state index in [0.717, 1.165) is 5.56 Å². The summed E-state index contributed by atoms with van der Waals surface area (Å²) in [5, 5.41) is 2.99. The van der Waals surface area contributed by atoms with E-state index in [1.165, 1.54) is 12.1 Å². The molecule has 0 saturated heterocycles. The number of carbonyl (C=O) groups is 3. The third-order valence-electron chi connectivity index (χ3n) is 5.94. The molecular weight excluding hydrogens is 456 g/mol. The van der Waals surface area contributed by atoms with Crippen molar-refractivity contribution in [2.45, 2.75) is 13.5 Å². The number of benzene rings is 3. The van der Waals surface area contributed by atoms with Crippen LogP contribution in [0.4, 0.5) is 5.69 Å². The first-order chi connectivity index (χ1) is 16.4. The quantitative estimate of drug-likeness (QED) is 0.446. The van der Waals surface area contributed by atoms with E-state index in [1.807, 2.05) is 30.0 Å². The zero-order valence-corrected chi connectivity index (χ0v) is 19.1. The van der Waals surface area contributed by atoms with Crippen molar-refractivity contribution in [3.8, 4) is 11.5 Å². The van der Waals surface area contributed by atoms with Crippen LogP contribution in [0.2, 0.25) is 5.02 Å². The summed E-state index contributed by atoms with van der Waals surface area (Å²) in [6.07, 6.45) is 0. The normalized spacial score (nSPS) is 13.6. The molecule has 1 amide bonds. The average molecular weight is 477 g/mol. The molecule has 172 valence electrons. The number of ketones is 2.